The zero-order valence-corrected chi connectivity index (χ0v) is 13.5. The monoisotopic (exact) mass is 274 g/mol. The molecule has 0 bridgehead atoms. The van der Waals surface area contributed by atoms with E-state index >= 15 is 0 Å². The summed E-state index contributed by atoms with van der Waals surface area (Å²) in [5.74, 6) is 0. The van der Waals surface area contributed by atoms with E-state index in [-0.39, 0.29) is 0 Å². The van der Waals surface area contributed by atoms with Crippen LogP contribution in [0.2, 0.25) is 0 Å². The molecular formula is C18H30N2. The van der Waals surface area contributed by atoms with Gasteiger partial charge in [-0.2, -0.15) is 0 Å². The minimum atomic E-state index is 0.450. The summed E-state index contributed by atoms with van der Waals surface area (Å²) in [6.07, 6.45) is 3.89. The van der Waals surface area contributed by atoms with Crippen LogP contribution in [0.3, 0.4) is 0 Å². The lowest BCUT2D eigenvalue weighted by atomic mass is 10.0. The van der Waals surface area contributed by atoms with Crippen LogP contribution in [0.1, 0.15) is 57.2 Å². The molecule has 20 heavy (non-hydrogen) atoms. The molecule has 1 heterocycles. The van der Waals surface area contributed by atoms with Crippen molar-refractivity contribution < 1.29 is 0 Å². The molecule has 2 rings (SSSR count). The van der Waals surface area contributed by atoms with Gasteiger partial charge in [-0.1, -0.05) is 29.8 Å². The topological polar surface area (TPSA) is 15.3 Å². The molecular weight excluding hydrogens is 244 g/mol. The van der Waals surface area contributed by atoms with E-state index in [1.54, 1.807) is 0 Å². The number of rotatable bonds is 4. The first-order chi connectivity index (χ1) is 9.56. The van der Waals surface area contributed by atoms with E-state index in [4.69, 9.17) is 0 Å². The Labute approximate surface area is 124 Å². The number of nitrogens with one attached hydrogen (secondary N) is 1. The normalized spacial score (nSPS) is 22.8. The molecule has 1 saturated heterocycles. The Hall–Kier alpha value is -0.860. The molecule has 2 atom stereocenters. The van der Waals surface area contributed by atoms with Crippen LogP contribution in [0.15, 0.2) is 24.3 Å². The Bertz CT molecular complexity index is 414. The molecule has 1 aliphatic rings. The van der Waals surface area contributed by atoms with Crippen LogP contribution in [-0.4, -0.2) is 30.1 Å². The van der Waals surface area contributed by atoms with Gasteiger partial charge in [0.1, 0.15) is 0 Å². The van der Waals surface area contributed by atoms with Crippen molar-refractivity contribution in [3.8, 4) is 0 Å². The molecule has 2 heteroatoms. The molecule has 1 fully saturated rings. The molecule has 0 amide bonds. The second-order valence-corrected chi connectivity index (χ2v) is 6.56. The lowest BCUT2D eigenvalue weighted by Crippen LogP contribution is -2.35. The van der Waals surface area contributed by atoms with Crippen LogP contribution < -0.4 is 5.32 Å². The van der Waals surface area contributed by atoms with E-state index in [9.17, 15) is 0 Å². The first-order valence-electron chi connectivity index (χ1n) is 8.13. The van der Waals surface area contributed by atoms with Crippen molar-refractivity contribution in [3.05, 3.63) is 35.4 Å². The number of hydrogen-bond donors (Lipinski definition) is 1. The highest BCUT2D eigenvalue weighted by atomic mass is 15.1. The minimum Gasteiger partial charge on any atom is -0.307 e. The van der Waals surface area contributed by atoms with Crippen molar-refractivity contribution in [1.29, 1.82) is 0 Å². The second kappa shape index (κ2) is 7.24. The Morgan fingerprint density at radius 1 is 1.15 bits per heavy atom. The zero-order valence-electron chi connectivity index (χ0n) is 13.5. The molecule has 1 aromatic rings. The van der Waals surface area contributed by atoms with Crippen molar-refractivity contribution in [2.75, 3.05) is 13.1 Å². The predicted octanol–water partition coefficient (Wildman–Crippen LogP) is 3.91. The third kappa shape index (κ3) is 4.32. The number of hydrogen-bond acceptors (Lipinski definition) is 2. The quantitative estimate of drug-likeness (QED) is 0.895. The van der Waals surface area contributed by atoms with Crippen LogP contribution in [0.25, 0.3) is 0 Å². The van der Waals surface area contributed by atoms with E-state index in [1.165, 1.54) is 43.5 Å². The highest BCUT2D eigenvalue weighted by molar-refractivity contribution is 5.24. The molecule has 0 aliphatic carbocycles. The molecule has 0 saturated carbocycles. The molecule has 0 aromatic heterocycles. The summed E-state index contributed by atoms with van der Waals surface area (Å²) in [4.78, 5) is 2.61. The zero-order chi connectivity index (χ0) is 14.5. The van der Waals surface area contributed by atoms with Gasteiger partial charge in [0.25, 0.3) is 0 Å². The van der Waals surface area contributed by atoms with Crippen molar-refractivity contribution in [2.24, 2.45) is 0 Å². The highest BCUT2D eigenvalue weighted by Gasteiger charge is 2.20. The van der Waals surface area contributed by atoms with E-state index < -0.39 is 0 Å². The Kier molecular flexibility index (Phi) is 5.62. The fourth-order valence-electron chi connectivity index (χ4n) is 3.19. The maximum atomic E-state index is 3.84. The van der Waals surface area contributed by atoms with E-state index in [2.05, 4.69) is 62.2 Å². The molecule has 112 valence electrons. The summed E-state index contributed by atoms with van der Waals surface area (Å²) >= 11 is 0. The van der Waals surface area contributed by atoms with E-state index in [1.807, 2.05) is 0 Å². The number of nitrogens with zero attached hydrogens (tertiary/aromatic N) is 1. The molecule has 1 N–H and O–H groups in total. The van der Waals surface area contributed by atoms with Gasteiger partial charge in [0.05, 0.1) is 0 Å². The summed E-state index contributed by atoms with van der Waals surface area (Å²) in [5, 5.41) is 3.84. The highest BCUT2D eigenvalue weighted by Crippen LogP contribution is 2.19. The number of benzene rings is 1. The van der Waals surface area contributed by atoms with Crippen LogP contribution in [0, 0.1) is 6.92 Å². The molecule has 0 radical (unpaired) electrons. The summed E-state index contributed by atoms with van der Waals surface area (Å²) < 4.78 is 0. The van der Waals surface area contributed by atoms with Crippen LogP contribution in [0.5, 0.6) is 0 Å². The van der Waals surface area contributed by atoms with Gasteiger partial charge in [0, 0.05) is 18.1 Å². The fourth-order valence-corrected chi connectivity index (χ4v) is 3.19. The van der Waals surface area contributed by atoms with Crippen molar-refractivity contribution in [1.82, 2.24) is 10.2 Å². The van der Waals surface area contributed by atoms with Crippen molar-refractivity contribution >= 4 is 0 Å². The first-order valence-corrected chi connectivity index (χ1v) is 8.13. The average molecular weight is 274 g/mol. The van der Waals surface area contributed by atoms with Crippen LogP contribution in [-0.2, 0) is 0 Å². The molecule has 2 nitrogen and oxygen atoms in total. The van der Waals surface area contributed by atoms with Gasteiger partial charge in [0.2, 0.25) is 0 Å². The Morgan fingerprint density at radius 3 is 2.65 bits per heavy atom. The molecule has 1 aliphatic heterocycles. The van der Waals surface area contributed by atoms with Gasteiger partial charge in [-0.3, -0.25) is 0 Å². The Morgan fingerprint density at radius 2 is 1.95 bits per heavy atom. The van der Waals surface area contributed by atoms with Gasteiger partial charge >= 0.3 is 0 Å². The molecule has 1 unspecified atom stereocenters. The number of aryl methyl sites for hydroxylation is 1. The molecule has 0 spiro atoms. The lowest BCUT2D eigenvalue weighted by molar-refractivity contribution is 0.228. The van der Waals surface area contributed by atoms with Crippen LogP contribution in [0.4, 0.5) is 0 Å². The maximum absolute atomic E-state index is 3.84. The minimum absolute atomic E-state index is 0.450. The third-order valence-corrected chi connectivity index (χ3v) is 4.52. The van der Waals surface area contributed by atoms with Crippen molar-refractivity contribution in [3.63, 3.8) is 0 Å². The largest absolute Gasteiger partial charge is 0.307 e. The fraction of sp³-hybridized carbons (Fsp3) is 0.667. The maximum Gasteiger partial charge on any atom is 0.0294 e. The molecule has 1 aromatic carbocycles. The summed E-state index contributed by atoms with van der Waals surface area (Å²) in [7, 11) is 0. The smallest absolute Gasteiger partial charge is 0.0294 e. The van der Waals surface area contributed by atoms with Gasteiger partial charge in [-0.15, -0.1) is 0 Å². The van der Waals surface area contributed by atoms with Crippen molar-refractivity contribution in [2.45, 2.75) is 65.1 Å². The lowest BCUT2D eigenvalue weighted by Gasteiger charge is -2.25. The van der Waals surface area contributed by atoms with Gasteiger partial charge in [-0.25, -0.2) is 0 Å². The summed E-state index contributed by atoms with van der Waals surface area (Å²) in [6, 6.07) is 10.7. The average Bonchev–Trinajstić information content (AvgIpc) is 2.64. The van der Waals surface area contributed by atoms with Gasteiger partial charge in [0.15, 0.2) is 0 Å². The third-order valence-electron chi connectivity index (χ3n) is 4.52. The first kappa shape index (κ1) is 15.5. The van der Waals surface area contributed by atoms with E-state index in [0.29, 0.717) is 18.1 Å². The Balaban J connectivity index is 1.90. The number of likely N-dealkylation sites (tertiary alicyclic amines) is 1. The van der Waals surface area contributed by atoms with Gasteiger partial charge < -0.3 is 10.2 Å². The van der Waals surface area contributed by atoms with E-state index in [0.717, 1.165) is 0 Å². The second-order valence-electron chi connectivity index (χ2n) is 6.56. The predicted molar refractivity (Wildman–Crippen MR) is 87.1 cm³/mol. The SMILES string of the molecule is Cc1cccc([C@H](C)NC2CCCN(C(C)C)CC2)c1. The standard InChI is InChI=1S/C18H30N2/c1-14(2)20-11-6-9-18(10-12-20)19-16(4)17-8-5-7-15(3)13-17/h5,7-8,13-14,16,18-19H,6,9-12H2,1-4H3/t16-,18?/m0/s1. The summed E-state index contributed by atoms with van der Waals surface area (Å²) in [6.45, 7) is 11.6. The summed E-state index contributed by atoms with van der Waals surface area (Å²) in [5.41, 5.74) is 2.76. The van der Waals surface area contributed by atoms with Gasteiger partial charge in [-0.05, 0) is 65.6 Å². The van der Waals surface area contributed by atoms with Crippen LogP contribution >= 0.6 is 0 Å².